The second-order valence-electron chi connectivity index (χ2n) is 5.99. The van der Waals surface area contributed by atoms with Gasteiger partial charge in [0.1, 0.15) is 12.4 Å². The highest BCUT2D eigenvalue weighted by atomic mass is 35.5. The van der Waals surface area contributed by atoms with Gasteiger partial charge in [-0.1, -0.05) is 11.6 Å². The number of halogens is 1. The first-order chi connectivity index (χ1) is 12.9. The normalized spacial score (nSPS) is 10.5. The van der Waals surface area contributed by atoms with Gasteiger partial charge in [0.05, 0.1) is 5.69 Å². The third-order valence-electron chi connectivity index (χ3n) is 3.83. The Bertz CT molecular complexity index is 956. The number of rotatable bonds is 6. The van der Waals surface area contributed by atoms with Gasteiger partial charge in [0.25, 0.3) is 0 Å². The van der Waals surface area contributed by atoms with Gasteiger partial charge in [-0.15, -0.1) is 0 Å². The molecular formula is C19H18ClN5O2. The van der Waals surface area contributed by atoms with E-state index in [-0.39, 0.29) is 12.5 Å². The Balaban J connectivity index is 2.01. The van der Waals surface area contributed by atoms with Crippen LogP contribution in [0.3, 0.4) is 0 Å². The molecule has 138 valence electrons. The van der Waals surface area contributed by atoms with Crippen molar-refractivity contribution >= 4 is 35.0 Å². The number of aromatic nitrogens is 3. The molecule has 0 unspecified atom stereocenters. The van der Waals surface area contributed by atoms with Gasteiger partial charge < -0.3 is 15.7 Å². The molecule has 0 aliphatic heterocycles. The topological polar surface area (TPSA) is 100 Å². The summed E-state index contributed by atoms with van der Waals surface area (Å²) in [7, 11) is 0. The number of carboxylic acids is 1. The van der Waals surface area contributed by atoms with Crippen LogP contribution in [0, 0.1) is 13.8 Å². The second kappa shape index (κ2) is 8.01. The number of aliphatic carboxylic acids is 1. The third-order valence-corrected chi connectivity index (χ3v) is 4.05. The molecule has 0 bridgehead atoms. The van der Waals surface area contributed by atoms with Crippen molar-refractivity contribution in [1.82, 2.24) is 15.0 Å². The first kappa shape index (κ1) is 18.6. The number of aryl methyl sites for hydroxylation is 2. The van der Waals surface area contributed by atoms with Crippen molar-refractivity contribution < 1.29 is 9.90 Å². The zero-order chi connectivity index (χ0) is 19.4. The molecule has 3 rings (SSSR count). The Morgan fingerprint density at radius 1 is 1.19 bits per heavy atom. The van der Waals surface area contributed by atoms with Gasteiger partial charge in [-0.25, -0.2) is 4.98 Å². The Morgan fingerprint density at radius 2 is 1.93 bits per heavy atom. The van der Waals surface area contributed by atoms with E-state index in [1.165, 1.54) is 0 Å². The highest BCUT2D eigenvalue weighted by molar-refractivity contribution is 6.30. The largest absolute Gasteiger partial charge is 0.480 e. The van der Waals surface area contributed by atoms with Gasteiger partial charge in [-0.05, 0) is 49.2 Å². The van der Waals surface area contributed by atoms with Crippen LogP contribution in [0.25, 0.3) is 11.3 Å². The van der Waals surface area contributed by atoms with Crippen molar-refractivity contribution in [1.29, 1.82) is 0 Å². The van der Waals surface area contributed by atoms with Crippen LogP contribution in [0.5, 0.6) is 0 Å². The van der Waals surface area contributed by atoms with Crippen LogP contribution in [-0.2, 0) is 4.79 Å². The lowest BCUT2D eigenvalue weighted by atomic mass is 10.1. The lowest BCUT2D eigenvalue weighted by Crippen LogP contribution is -2.15. The molecule has 2 aromatic heterocycles. The summed E-state index contributed by atoms with van der Waals surface area (Å²) in [5, 5.41) is 15.6. The van der Waals surface area contributed by atoms with Gasteiger partial charge in [0, 0.05) is 34.7 Å². The van der Waals surface area contributed by atoms with E-state index in [4.69, 9.17) is 16.7 Å². The SMILES string of the molecule is Cc1cc(Cl)cc(C)c1Nc1cc(-c2cccnc2)nc(NCC(=O)O)n1. The van der Waals surface area contributed by atoms with Crippen molar-refractivity contribution in [2.45, 2.75) is 13.8 Å². The van der Waals surface area contributed by atoms with E-state index in [1.807, 2.05) is 38.1 Å². The summed E-state index contributed by atoms with van der Waals surface area (Å²) in [6, 6.07) is 9.20. The molecule has 27 heavy (non-hydrogen) atoms. The minimum Gasteiger partial charge on any atom is -0.480 e. The van der Waals surface area contributed by atoms with E-state index >= 15 is 0 Å². The Morgan fingerprint density at radius 3 is 2.56 bits per heavy atom. The van der Waals surface area contributed by atoms with Crippen LogP contribution in [0.4, 0.5) is 17.5 Å². The first-order valence-corrected chi connectivity index (χ1v) is 8.59. The van der Waals surface area contributed by atoms with E-state index in [0.717, 1.165) is 22.4 Å². The summed E-state index contributed by atoms with van der Waals surface area (Å²) in [5.74, 6) is -0.250. The number of benzene rings is 1. The molecule has 7 nitrogen and oxygen atoms in total. The molecule has 0 atom stereocenters. The zero-order valence-electron chi connectivity index (χ0n) is 14.8. The monoisotopic (exact) mass is 383 g/mol. The van der Waals surface area contributed by atoms with Gasteiger partial charge in [-0.3, -0.25) is 9.78 Å². The minimum absolute atomic E-state index is 0.213. The maximum Gasteiger partial charge on any atom is 0.322 e. The fourth-order valence-electron chi connectivity index (χ4n) is 2.64. The lowest BCUT2D eigenvalue weighted by Gasteiger charge is -2.14. The van der Waals surface area contributed by atoms with E-state index in [2.05, 4.69) is 25.6 Å². The summed E-state index contributed by atoms with van der Waals surface area (Å²) >= 11 is 6.10. The lowest BCUT2D eigenvalue weighted by molar-refractivity contribution is -0.134. The Kier molecular flexibility index (Phi) is 5.52. The van der Waals surface area contributed by atoms with Crippen LogP contribution in [0.1, 0.15) is 11.1 Å². The minimum atomic E-state index is -0.996. The van der Waals surface area contributed by atoms with E-state index in [0.29, 0.717) is 16.5 Å². The van der Waals surface area contributed by atoms with Crippen LogP contribution in [-0.4, -0.2) is 32.6 Å². The molecule has 0 aliphatic carbocycles. The number of hydrogen-bond donors (Lipinski definition) is 3. The van der Waals surface area contributed by atoms with Crippen LogP contribution in [0.15, 0.2) is 42.7 Å². The average molecular weight is 384 g/mol. The summed E-state index contributed by atoms with van der Waals surface area (Å²) < 4.78 is 0. The molecular weight excluding hydrogens is 366 g/mol. The van der Waals surface area contributed by atoms with Crippen molar-refractivity contribution in [3.05, 3.63) is 58.9 Å². The predicted molar refractivity (Wildman–Crippen MR) is 106 cm³/mol. The Hall–Kier alpha value is -3.19. The van der Waals surface area contributed by atoms with E-state index in [1.54, 1.807) is 18.5 Å². The summed E-state index contributed by atoms with van der Waals surface area (Å²) in [4.78, 5) is 23.7. The summed E-state index contributed by atoms with van der Waals surface area (Å²) in [6.07, 6.45) is 3.36. The van der Waals surface area contributed by atoms with Crippen LogP contribution < -0.4 is 10.6 Å². The molecule has 0 amide bonds. The maximum atomic E-state index is 10.9. The second-order valence-corrected chi connectivity index (χ2v) is 6.43. The standard InChI is InChI=1S/C19H18ClN5O2/c1-11-6-14(20)7-12(2)18(11)24-16-8-15(13-4-3-5-21-9-13)23-19(25-16)22-10-17(26)27/h3-9H,10H2,1-2H3,(H,26,27)(H2,22,23,24,25). The number of hydrogen-bond acceptors (Lipinski definition) is 6. The molecule has 3 N–H and O–H groups in total. The van der Waals surface area contributed by atoms with Gasteiger partial charge in [0.2, 0.25) is 5.95 Å². The van der Waals surface area contributed by atoms with Gasteiger partial charge >= 0.3 is 5.97 Å². The summed E-state index contributed by atoms with van der Waals surface area (Å²) in [6.45, 7) is 3.62. The van der Waals surface area contributed by atoms with Gasteiger partial charge in [0.15, 0.2) is 0 Å². The molecule has 2 heterocycles. The first-order valence-electron chi connectivity index (χ1n) is 8.21. The highest BCUT2D eigenvalue weighted by Gasteiger charge is 2.11. The fraction of sp³-hybridized carbons (Fsp3) is 0.158. The number of nitrogens with zero attached hydrogens (tertiary/aromatic N) is 3. The number of carbonyl (C=O) groups is 1. The molecule has 0 radical (unpaired) electrons. The predicted octanol–water partition coefficient (Wildman–Crippen LogP) is 4.05. The maximum absolute atomic E-state index is 10.9. The number of pyridine rings is 1. The smallest absolute Gasteiger partial charge is 0.322 e. The summed E-state index contributed by atoms with van der Waals surface area (Å²) in [5.41, 5.74) is 4.26. The molecule has 8 heteroatoms. The Labute approximate surface area is 161 Å². The van der Waals surface area contributed by atoms with Crippen molar-refractivity contribution in [2.24, 2.45) is 0 Å². The van der Waals surface area contributed by atoms with Crippen LogP contribution in [0.2, 0.25) is 5.02 Å². The molecule has 1 aromatic carbocycles. The average Bonchev–Trinajstić information content (AvgIpc) is 2.63. The van der Waals surface area contributed by atoms with Crippen molar-refractivity contribution in [2.75, 3.05) is 17.2 Å². The zero-order valence-corrected chi connectivity index (χ0v) is 15.6. The molecule has 0 saturated heterocycles. The fourth-order valence-corrected chi connectivity index (χ4v) is 2.97. The number of carboxylic acid groups (broad SMARTS) is 1. The number of nitrogens with one attached hydrogen (secondary N) is 2. The molecule has 0 aliphatic rings. The third kappa shape index (κ3) is 4.71. The van der Waals surface area contributed by atoms with Gasteiger partial charge in [-0.2, -0.15) is 4.98 Å². The molecule has 0 saturated carbocycles. The molecule has 0 spiro atoms. The highest BCUT2D eigenvalue weighted by Crippen LogP contribution is 2.29. The van der Waals surface area contributed by atoms with Crippen molar-refractivity contribution in [3.8, 4) is 11.3 Å². The van der Waals surface area contributed by atoms with E-state index < -0.39 is 5.97 Å². The molecule has 0 fully saturated rings. The quantitative estimate of drug-likeness (QED) is 0.590. The van der Waals surface area contributed by atoms with E-state index in [9.17, 15) is 4.79 Å². The molecule has 3 aromatic rings. The van der Waals surface area contributed by atoms with Crippen molar-refractivity contribution in [3.63, 3.8) is 0 Å². The van der Waals surface area contributed by atoms with Crippen LogP contribution >= 0.6 is 11.6 Å². The number of anilines is 3.